The van der Waals surface area contributed by atoms with Crippen LogP contribution in [0.3, 0.4) is 0 Å². The van der Waals surface area contributed by atoms with Crippen molar-refractivity contribution in [2.45, 2.75) is 0 Å². The van der Waals surface area contributed by atoms with Gasteiger partial charge in [-0.2, -0.15) is 0 Å². The molecule has 18 aromatic carbocycles. The summed E-state index contributed by atoms with van der Waals surface area (Å²) in [6.07, 6.45) is 0. The van der Waals surface area contributed by atoms with Crippen molar-refractivity contribution in [1.29, 1.82) is 0 Å². The van der Waals surface area contributed by atoms with Gasteiger partial charge >= 0.3 is 0 Å². The van der Waals surface area contributed by atoms with Gasteiger partial charge < -0.3 is 18.3 Å². The van der Waals surface area contributed by atoms with Crippen LogP contribution in [0.2, 0.25) is 0 Å². The van der Waals surface area contributed by atoms with Gasteiger partial charge in [0.1, 0.15) is 0 Å². The lowest BCUT2D eigenvalue weighted by Crippen LogP contribution is -1.95. The molecule has 0 amide bonds. The molecular formula is C108H72N4. The summed E-state index contributed by atoms with van der Waals surface area (Å²) in [5.41, 5.74) is 33.6. The lowest BCUT2D eigenvalue weighted by atomic mass is 9.94. The Morgan fingerprint density at radius 1 is 0.107 bits per heavy atom. The van der Waals surface area contributed by atoms with Crippen molar-refractivity contribution >= 4 is 87.2 Å². The third-order valence-electron chi connectivity index (χ3n) is 22.6. The molecule has 0 bridgehead atoms. The van der Waals surface area contributed by atoms with Crippen LogP contribution in [0.15, 0.2) is 437 Å². The van der Waals surface area contributed by atoms with Gasteiger partial charge in [0, 0.05) is 65.8 Å². The van der Waals surface area contributed by atoms with Crippen LogP contribution in [-0.4, -0.2) is 18.3 Å². The lowest BCUT2D eigenvalue weighted by Gasteiger charge is -2.13. The van der Waals surface area contributed by atoms with Crippen LogP contribution in [0, 0.1) is 0 Å². The molecule has 524 valence electrons. The standard InChI is InChI=1S/2C54H36N2/c1-3-14-37(15-4-1)39-18-11-19-40(32-39)42-21-13-23-46(34-42)56-52-27-10-8-25-48(52)50-36-44(29-31-54(50)56)43-28-30-53-49(35-43)47-24-7-9-26-51(47)55(53)45-22-12-20-41(33-45)38-16-5-2-6-17-38;1-3-15-37(16-4-1)39-19-13-21-43(33-39)55-51-27-11-9-25-47(51)49-35-40(29-31-53(49)55)41-30-32-54-50(36-41)48-26-10-12-28-52(48)56(54)44-22-14-20-42(34-44)46-24-8-7-23-45(46)38-17-5-2-6-18-38/h2*1-36H. The molecule has 4 aromatic heterocycles. The van der Waals surface area contributed by atoms with E-state index in [1.165, 1.54) is 176 Å². The Balaban J connectivity index is 0.000000141. The molecule has 0 saturated heterocycles. The maximum absolute atomic E-state index is 2.42. The molecule has 0 atom stereocenters. The number of hydrogen-bond acceptors (Lipinski definition) is 0. The van der Waals surface area contributed by atoms with E-state index in [2.05, 4.69) is 455 Å². The van der Waals surface area contributed by atoms with Crippen molar-refractivity contribution in [3.8, 4) is 112 Å². The van der Waals surface area contributed by atoms with E-state index in [1.807, 2.05) is 0 Å². The van der Waals surface area contributed by atoms with Gasteiger partial charge in [-0.1, -0.05) is 309 Å². The summed E-state index contributed by atoms with van der Waals surface area (Å²) in [6, 6.07) is 159. The summed E-state index contributed by atoms with van der Waals surface area (Å²) in [6.45, 7) is 0. The van der Waals surface area contributed by atoms with E-state index in [9.17, 15) is 0 Å². The lowest BCUT2D eigenvalue weighted by molar-refractivity contribution is 1.18. The van der Waals surface area contributed by atoms with Gasteiger partial charge in [-0.15, -0.1) is 0 Å². The Bertz CT molecular complexity index is 7360. The van der Waals surface area contributed by atoms with Gasteiger partial charge in [-0.3, -0.25) is 0 Å². The first-order chi connectivity index (χ1) is 55.5. The van der Waals surface area contributed by atoms with E-state index in [-0.39, 0.29) is 0 Å². The van der Waals surface area contributed by atoms with E-state index in [1.54, 1.807) is 0 Å². The van der Waals surface area contributed by atoms with Crippen LogP contribution < -0.4 is 0 Å². The van der Waals surface area contributed by atoms with Gasteiger partial charge in [-0.05, 0) is 216 Å². The Hall–Kier alpha value is -14.8. The molecule has 0 saturated carbocycles. The molecule has 0 spiro atoms. The highest BCUT2D eigenvalue weighted by Crippen LogP contribution is 2.44. The molecule has 0 aliphatic rings. The number of para-hydroxylation sites is 4. The Labute approximate surface area is 649 Å². The number of nitrogens with zero attached hydrogens (tertiary/aromatic N) is 4. The van der Waals surface area contributed by atoms with E-state index in [4.69, 9.17) is 0 Å². The number of fused-ring (bicyclic) bond motifs is 12. The first-order valence-electron chi connectivity index (χ1n) is 38.5. The largest absolute Gasteiger partial charge is 0.309 e. The van der Waals surface area contributed by atoms with Crippen LogP contribution in [0.1, 0.15) is 0 Å². The monoisotopic (exact) mass is 1420 g/mol. The maximum atomic E-state index is 2.42. The van der Waals surface area contributed by atoms with Crippen LogP contribution in [0.4, 0.5) is 0 Å². The van der Waals surface area contributed by atoms with Gasteiger partial charge in [0.2, 0.25) is 0 Å². The minimum absolute atomic E-state index is 1.15. The first-order valence-corrected chi connectivity index (χ1v) is 38.5. The molecule has 112 heavy (non-hydrogen) atoms. The Morgan fingerprint density at radius 2 is 0.312 bits per heavy atom. The zero-order valence-corrected chi connectivity index (χ0v) is 61.4. The quantitative estimate of drug-likeness (QED) is 0.116. The summed E-state index contributed by atoms with van der Waals surface area (Å²) in [5.74, 6) is 0. The summed E-state index contributed by atoms with van der Waals surface area (Å²) < 4.78 is 9.65. The molecule has 4 heterocycles. The maximum Gasteiger partial charge on any atom is 0.0541 e. The van der Waals surface area contributed by atoms with Crippen LogP contribution in [-0.2, 0) is 0 Å². The number of rotatable bonds is 12. The fraction of sp³-hybridized carbons (Fsp3) is 0. The van der Waals surface area contributed by atoms with Crippen LogP contribution >= 0.6 is 0 Å². The molecule has 4 nitrogen and oxygen atoms in total. The molecule has 0 fully saturated rings. The Morgan fingerprint density at radius 3 is 0.643 bits per heavy atom. The summed E-state index contributed by atoms with van der Waals surface area (Å²) in [4.78, 5) is 0. The number of hydrogen-bond donors (Lipinski definition) is 0. The topological polar surface area (TPSA) is 19.7 Å². The highest BCUT2D eigenvalue weighted by molar-refractivity contribution is 6.15. The molecular weight excluding hydrogens is 1350 g/mol. The molecule has 0 aliphatic carbocycles. The van der Waals surface area contributed by atoms with Gasteiger partial charge in [-0.25, -0.2) is 0 Å². The third-order valence-corrected chi connectivity index (χ3v) is 22.6. The fourth-order valence-corrected chi connectivity index (χ4v) is 17.4. The highest BCUT2D eigenvalue weighted by atomic mass is 15.0. The third kappa shape index (κ3) is 11.6. The summed E-state index contributed by atoms with van der Waals surface area (Å²) in [7, 11) is 0. The minimum atomic E-state index is 1.15. The second-order valence-electron chi connectivity index (χ2n) is 29.1. The molecule has 0 radical (unpaired) electrons. The van der Waals surface area contributed by atoms with Crippen molar-refractivity contribution in [2.75, 3.05) is 0 Å². The average Bonchev–Trinajstić information content (AvgIpc) is 1.60. The highest BCUT2D eigenvalue weighted by Gasteiger charge is 2.21. The van der Waals surface area contributed by atoms with E-state index in [0.29, 0.717) is 0 Å². The smallest absolute Gasteiger partial charge is 0.0541 e. The zero-order valence-electron chi connectivity index (χ0n) is 61.4. The van der Waals surface area contributed by atoms with Gasteiger partial charge in [0.25, 0.3) is 0 Å². The average molecular weight is 1430 g/mol. The zero-order chi connectivity index (χ0) is 74.0. The SMILES string of the molecule is c1ccc(-c2cccc(-c3cccc(-n4c5ccccc5c5cc(-c6ccc7c(c6)c6ccccc6n7-c6cccc(-c7ccccc7)c6)ccc54)c3)c2)cc1.c1ccc(-c2cccc(-n3c4ccccc4c4cc(-c5ccc6c(c5)c5ccccc5n6-c5cccc(-c6ccccc6-c6ccccc6)c5)ccc43)c2)cc1. The predicted molar refractivity (Wildman–Crippen MR) is 474 cm³/mol. The van der Waals surface area contributed by atoms with E-state index in [0.717, 1.165) is 22.7 Å². The van der Waals surface area contributed by atoms with Gasteiger partial charge in [0.15, 0.2) is 0 Å². The number of aromatic nitrogens is 4. The first kappa shape index (κ1) is 65.5. The van der Waals surface area contributed by atoms with Crippen molar-refractivity contribution < 1.29 is 0 Å². The van der Waals surface area contributed by atoms with E-state index < -0.39 is 0 Å². The second-order valence-corrected chi connectivity index (χ2v) is 29.1. The fourth-order valence-electron chi connectivity index (χ4n) is 17.4. The van der Waals surface area contributed by atoms with Crippen molar-refractivity contribution in [3.05, 3.63) is 437 Å². The van der Waals surface area contributed by atoms with E-state index >= 15 is 0 Å². The molecule has 0 aliphatic heterocycles. The predicted octanol–water partition coefficient (Wildman–Crippen LogP) is 29.1. The molecule has 22 aromatic rings. The summed E-state index contributed by atoms with van der Waals surface area (Å²) in [5, 5.41) is 9.98. The normalized spacial score (nSPS) is 11.6. The summed E-state index contributed by atoms with van der Waals surface area (Å²) >= 11 is 0. The van der Waals surface area contributed by atoms with Crippen LogP contribution in [0.5, 0.6) is 0 Å². The molecule has 0 N–H and O–H groups in total. The van der Waals surface area contributed by atoms with Crippen LogP contribution in [0.25, 0.3) is 199 Å². The molecule has 22 rings (SSSR count). The molecule has 0 unspecified atom stereocenters. The van der Waals surface area contributed by atoms with Crippen molar-refractivity contribution in [2.24, 2.45) is 0 Å². The van der Waals surface area contributed by atoms with Crippen molar-refractivity contribution in [1.82, 2.24) is 18.3 Å². The van der Waals surface area contributed by atoms with Gasteiger partial charge in [0.05, 0.1) is 44.1 Å². The minimum Gasteiger partial charge on any atom is -0.309 e. The second kappa shape index (κ2) is 27.7. The van der Waals surface area contributed by atoms with Crippen molar-refractivity contribution in [3.63, 3.8) is 0 Å². The Kier molecular flexibility index (Phi) is 16.2. The number of benzene rings is 18. The molecule has 4 heteroatoms.